The van der Waals surface area contributed by atoms with Crippen LogP contribution in [0.25, 0.3) is 0 Å². The van der Waals surface area contributed by atoms with Crippen LogP contribution in [-0.2, 0) is 0 Å². The van der Waals surface area contributed by atoms with E-state index in [2.05, 4.69) is 10.5 Å². The van der Waals surface area contributed by atoms with Crippen molar-refractivity contribution in [2.24, 2.45) is 5.10 Å². The monoisotopic (exact) mass is 285 g/mol. The van der Waals surface area contributed by atoms with E-state index in [-0.39, 0.29) is 11.4 Å². The van der Waals surface area contributed by atoms with Crippen LogP contribution in [0, 0.1) is 10.1 Å². The van der Waals surface area contributed by atoms with Crippen LogP contribution < -0.4 is 5.43 Å². The molecule has 0 aliphatic rings. The van der Waals surface area contributed by atoms with E-state index in [0.717, 1.165) is 11.3 Å². The maximum atomic E-state index is 10.6. The number of anilines is 1. The smallest absolute Gasteiger partial charge is 0.269 e. The Morgan fingerprint density at radius 2 is 1.81 bits per heavy atom. The molecule has 0 saturated carbocycles. The number of phenolic OH excluding ortho intramolecular Hbond substituents is 1. The van der Waals surface area contributed by atoms with E-state index in [1.54, 1.807) is 36.4 Å². The summed E-state index contributed by atoms with van der Waals surface area (Å²) in [6.45, 7) is 1.98. The van der Waals surface area contributed by atoms with Gasteiger partial charge in [-0.1, -0.05) is 6.92 Å². The molecular formula is C15H15N3O3. The summed E-state index contributed by atoms with van der Waals surface area (Å²) in [6, 6.07) is 12.8. The fourth-order valence-electron chi connectivity index (χ4n) is 1.79. The molecule has 21 heavy (non-hydrogen) atoms. The molecule has 0 atom stereocenters. The second-order valence-corrected chi connectivity index (χ2v) is 4.37. The number of hydrogen-bond acceptors (Lipinski definition) is 5. The van der Waals surface area contributed by atoms with Gasteiger partial charge in [0.05, 0.1) is 16.3 Å². The normalized spacial score (nSPS) is 11.2. The Balaban J connectivity index is 2.13. The first-order valence-electron chi connectivity index (χ1n) is 6.46. The molecule has 0 saturated heterocycles. The average molecular weight is 285 g/mol. The summed E-state index contributed by atoms with van der Waals surface area (Å²) < 4.78 is 0. The number of non-ortho nitro benzene ring substituents is 1. The first-order chi connectivity index (χ1) is 10.1. The lowest BCUT2D eigenvalue weighted by Gasteiger charge is -2.06. The molecule has 0 amide bonds. The highest BCUT2D eigenvalue weighted by molar-refractivity contribution is 6.00. The van der Waals surface area contributed by atoms with Crippen molar-refractivity contribution in [3.05, 3.63) is 64.2 Å². The second-order valence-electron chi connectivity index (χ2n) is 4.37. The van der Waals surface area contributed by atoms with Crippen LogP contribution >= 0.6 is 0 Å². The van der Waals surface area contributed by atoms with Gasteiger partial charge in [-0.3, -0.25) is 15.5 Å². The Morgan fingerprint density at radius 1 is 1.19 bits per heavy atom. The summed E-state index contributed by atoms with van der Waals surface area (Å²) in [5, 5.41) is 24.2. The Bertz CT molecular complexity index is 649. The number of rotatable bonds is 5. The topological polar surface area (TPSA) is 87.8 Å². The van der Waals surface area contributed by atoms with Crippen LogP contribution in [-0.4, -0.2) is 15.7 Å². The minimum atomic E-state index is -0.443. The summed E-state index contributed by atoms with van der Waals surface area (Å²) in [6.07, 6.45) is 0.713. The molecule has 0 aliphatic carbocycles. The van der Waals surface area contributed by atoms with E-state index >= 15 is 0 Å². The molecule has 0 heterocycles. The SMILES string of the molecule is CC/C(=N\Nc1ccc([N+](=O)[O-])cc1)c1ccc(O)cc1. The molecule has 2 N–H and O–H groups in total. The predicted octanol–water partition coefficient (Wildman–Crippen LogP) is 3.53. The van der Waals surface area contributed by atoms with Crippen molar-refractivity contribution in [3.8, 4) is 5.75 Å². The summed E-state index contributed by atoms with van der Waals surface area (Å²) in [5.74, 6) is 0.206. The van der Waals surface area contributed by atoms with Gasteiger partial charge in [0.25, 0.3) is 5.69 Å². The number of hydrazone groups is 1. The van der Waals surface area contributed by atoms with Gasteiger partial charge < -0.3 is 5.11 Å². The van der Waals surface area contributed by atoms with Crippen molar-refractivity contribution < 1.29 is 10.0 Å². The number of nitro benzene ring substituents is 1. The number of phenols is 1. The maximum Gasteiger partial charge on any atom is 0.269 e. The lowest BCUT2D eigenvalue weighted by Crippen LogP contribution is -2.03. The number of benzene rings is 2. The van der Waals surface area contributed by atoms with E-state index in [4.69, 9.17) is 0 Å². The van der Waals surface area contributed by atoms with Gasteiger partial charge in [0.15, 0.2) is 0 Å². The van der Waals surface area contributed by atoms with Gasteiger partial charge in [-0.2, -0.15) is 5.10 Å². The van der Waals surface area contributed by atoms with E-state index < -0.39 is 4.92 Å². The van der Waals surface area contributed by atoms with Gasteiger partial charge in [0.1, 0.15) is 5.75 Å². The number of nitrogens with zero attached hydrogens (tertiary/aromatic N) is 2. The van der Waals surface area contributed by atoms with E-state index in [1.165, 1.54) is 12.1 Å². The molecule has 6 nitrogen and oxygen atoms in total. The van der Waals surface area contributed by atoms with Crippen LogP contribution in [0.3, 0.4) is 0 Å². The zero-order chi connectivity index (χ0) is 15.2. The third kappa shape index (κ3) is 3.79. The third-order valence-electron chi connectivity index (χ3n) is 2.93. The van der Waals surface area contributed by atoms with Crippen LogP contribution in [0.15, 0.2) is 53.6 Å². The third-order valence-corrected chi connectivity index (χ3v) is 2.93. The van der Waals surface area contributed by atoms with Gasteiger partial charge >= 0.3 is 0 Å². The van der Waals surface area contributed by atoms with E-state index in [1.807, 2.05) is 6.92 Å². The first-order valence-corrected chi connectivity index (χ1v) is 6.46. The second kappa shape index (κ2) is 6.51. The standard InChI is InChI=1S/C15H15N3O3/c1-2-15(11-3-9-14(19)10-4-11)17-16-12-5-7-13(8-6-12)18(20)21/h3-10,16,19H,2H2,1H3/b17-15+. The molecule has 0 bridgehead atoms. The summed E-state index contributed by atoms with van der Waals surface area (Å²) in [5.41, 5.74) is 5.32. The Morgan fingerprint density at radius 3 is 2.33 bits per heavy atom. The molecule has 0 spiro atoms. The lowest BCUT2D eigenvalue weighted by atomic mass is 10.1. The zero-order valence-electron chi connectivity index (χ0n) is 11.5. The van der Waals surface area contributed by atoms with Crippen molar-refractivity contribution in [2.45, 2.75) is 13.3 Å². The van der Waals surface area contributed by atoms with Gasteiger partial charge in [-0.05, 0) is 48.4 Å². The molecule has 2 rings (SSSR count). The van der Waals surface area contributed by atoms with Crippen LogP contribution in [0.1, 0.15) is 18.9 Å². The van der Waals surface area contributed by atoms with Crippen molar-refractivity contribution in [1.82, 2.24) is 0 Å². The molecular weight excluding hydrogens is 270 g/mol. The zero-order valence-corrected chi connectivity index (χ0v) is 11.5. The highest BCUT2D eigenvalue weighted by Crippen LogP contribution is 2.16. The van der Waals surface area contributed by atoms with Crippen molar-refractivity contribution in [3.63, 3.8) is 0 Å². The van der Waals surface area contributed by atoms with Gasteiger partial charge in [0.2, 0.25) is 0 Å². The minimum absolute atomic E-state index is 0.0405. The largest absolute Gasteiger partial charge is 0.508 e. The molecule has 108 valence electrons. The summed E-state index contributed by atoms with van der Waals surface area (Å²) in [7, 11) is 0. The number of nitrogens with one attached hydrogen (secondary N) is 1. The first kappa shape index (κ1) is 14.5. The molecule has 0 aliphatic heterocycles. The minimum Gasteiger partial charge on any atom is -0.508 e. The van der Waals surface area contributed by atoms with Crippen molar-refractivity contribution >= 4 is 17.1 Å². The highest BCUT2D eigenvalue weighted by atomic mass is 16.6. The molecule has 0 radical (unpaired) electrons. The Hall–Kier alpha value is -2.89. The summed E-state index contributed by atoms with van der Waals surface area (Å²) in [4.78, 5) is 10.1. The molecule has 0 aromatic heterocycles. The van der Waals surface area contributed by atoms with E-state index in [0.29, 0.717) is 12.1 Å². The van der Waals surface area contributed by atoms with Gasteiger partial charge in [-0.15, -0.1) is 0 Å². The summed E-state index contributed by atoms with van der Waals surface area (Å²) >= 11 is 0. The van der Waals surface area contributed by atoms with Crippen molar-refractivity contribution in [2.75, 3.05) is 5.43 Å². The highest BCUT2D eigenvalue weighted by Gasteiger charge is 2.04. The Kier molecular flexibility index (Phi) is 4.50. The number of aromatic hydroxyl groups is 1. The molecule has 2 aromatic rings. The van der Waals surface area contributed by atoms with Crippen LogP contribution in [0.2, 0.25) is 0 Å². The predicted molar refractivity (Wildman–Crippen MR) is 81.7 cm³/mol. The quantitative estimate of drug-likeness (QED) is 0.499. The fourth-order valence-corrected chi connectivity index (χ4v) is 1.79. The van der Waals surface area contributed by atoms with Gasteiger partial charge in [-0.25, -0.2) is 0 Å². The average Bonchev–Trinajstić information content (AvgIpc) is 2.50. The van der Waals surface area contributed by atoms with Crippen LogP contribution in [0.4, 0.5) is 11.4 Å². The van der Waals surface area contributed by atoms with E-state index in [9.17, 15) is 15.2 Å². The number of nitro groups is 1. The van der Waals surface area contributed by atoms with Crippen molar-refractivity contribution in [1.29, 1.82) is 0 Å². The number of hydrogen-bond donors (Lipinski definition) is 2. The molecule has 2 aromatic carbocycles. The fraction of sp³-hybridized carbons (Fsp3) is 0.133. The lowest BCUT2D eigenvalue weighted by molar-refractivity contribution is -0.384. The van der Waals surface area contributed by atoms with Crippen LogP contribution in [0.5, 0.6) is 5.75 Å². The maximum absolute atomic E-state index is 10.6. The van der Waals surface area contributed by atoms with Gasteiger partial charge in [0, 0.05) is 12.1 Å². The molecule has 0 fully saturated rings. The molecule has 0 unspecified atom stereocenters. The molecule has 6 heteroatoms. The Labute approximate surface area is 121 Å².